The fraction of sp³-hybridized carbons (Fsp3) is 0.857. The Morgan fingerprint density at radius 2 is 1.89 bits per heavy atom. The average Bonchev–Trinajstić information content (AvgIpc) is 2.86. The highest BCUT2D eigenvalue weighted by Gasteiger charge is 2.66. The Hall–Kier alpha value is -1.10. The van der Waals surface area contributed by atoms with Gasteiger partial charge in [-0.15, -0.1) is 0 Å². The Bertz CT molecular complexity index is 351. The standard InChI is InChI=1S/C14H25NO4/c1-9(2)8-15(6-7-19-5)12(16)10-11(13(17)18)14(10,3)4/h9-11H,6-8H2,1-5H3,(H,17,18)/t10-,11+/m1/s1. The zero-order valence-electron chi connectivity index (χ0n) is 12.5. The molecule has 1 aliphatic rings. The molecule has 0 aromatic carbocycles. The van der Waals surface area contributed by atoms with E-state index in [1.807, 2.05) is 27.7 Å². The van der Waals surface area contributed by atoms with Crippen LogP contribution in [0.25, 0.3) is 0 Å². The number of carbonyl (C=O) groups excluding carboxylic acids is 1. The van der Waals surface area contributed by atoms with Gasteiger partial charge in [0.05, 0.1) is 18.4 Å². The highest BCUT2D eigenvalue weighted by Crippen LogP contribution is 2.59. The van der Waals surface area contributed by atoms with Crippen molar-refractivity contribution >= 4 is 11.9 Å². The molecule has 2 atom stereocenters. The molecule has 0 aromatic rings. The van der Waals surface area contributed by atoms with Crippen molar-refractivity contribution in [2.75, 3.05) is 26.8 Å². The van der Waals surface area contributed by atoms with Gasteiger partial charge in [0.2, 0.25) is 5.91 Å². The molecule has 0 unspecified atom stereocenters. The van der Waals surface area contributed by atoms with Crippen LogP contribution in [0.4, 0.5) is 0 Å². The molecule has 0 saturated heterocycles. The largest absolute Gasteiger partial charge is 0.481 e. The summed E-state index contributed by atoms with van der Waals surface area (Å²) in [7, 11) is 1.60. The second kappa shape index (κ2) is 5.90. The molecule has 1 amide bonds. The summed E-state index contributed by atoms with van der Waals surface area (Å²) < 4.78 is 5.02. The third-order valence-electron chi connectivity index (χ3n) is 3.82. The average molecular weight is 271 g/mol. The predicted molar refractivity (Wildman–Crippen MR) is 71.7 cm³/mol. The van der Waals surface area contributed by atoms with Gasteiger partial charge in [-0.3, -0.25) is 9.59 Å². The molecular formula is C14H25NO4. The lowest BCUT2D eigenvalue weighted by molar-refractivity contribution is -0.142. The Morgan fingerprint density at radius 1 is 1.32 bits per heavy atom. The number of hydrogen-bond acceptors (Lipinski definition) is 3. The number of carboxylic acid groups (broad SMARTS) is 1. The molecule has 0 aliphatic heterocycles. The van der Waals surface area contributed by atoms with E-state index in [0.29, 0.717) is 25.6 Å². The monoisotopic (exact) mass is 271 g/mol. The van der Waals surface area contributed by atoms with Crippen molar-refractivity contribution in [2.24, 2.45) is 23.2 Å². The Balaban J connectivity index is 2.74. The molecular weight excluding hydrogens is 246 g/mol. The zero-order chi connectivity index (χ0) is 14.8. The van der Waals surface area contributed by atoms with Crippen molar-refractivity contribution < 1.29 is 19.4 Å². The first kappa shape index (κ1) is 16.0. The van der Waals surface area contributed by atoms with Crippen LogP contribution in [0, 0.1) is 23.2 Å². The van der Waals surface area contributed by atoms with Gasteiger partial charge >= 0.3 is 5.97 Å². The van der Waals surface area contributed by atoms with E-state index in [0.717, 1.165) is 0 Å². The predicted octanol–water partition coefficient (Wildman–Crippen LogP) is 1.47. The van der Waals surface area contributed by atoms with Crippen molar-refractivity contribution in [3.63, 3.8) is 0 Å². The van der Waals surface area contributed by atoms with Crippen LogP contribution in [-0.4, -0.2) is 48.7 Å². The van der Waals surface area contributed by atoms with Crippen LogP contribution >= 0.6 is 0 Å². The van der Waals surface area contributed by atoms with Gasteiger partial charge in [0.15, 0.2) is 0 Å². The molecule has 0 aromatic heterocycles. The van der Waals surface area contributed by atoms with Crippen LogP contribution in [0.15, 0.2) is 0 Å². The lowest BCUT2D eigenvalue weighted by Crippen LogP contribution is -2.38. The minimum atomic E-state index is -0.875. The van der Waals surface area contributed by atoms with E-state index in [4.69, 9.17) is 9.84 Å². The highest BCUT2D eigenvalue weighted by molar-refractivity contribution is 5.91. The summed E-state index contributed by atoms with van der Waals surface area (Å²) in [6.45, 7) is 9.41. The summed E-state index contributed by atoms with van der Waals surface area (Å²) in [5, 5.41) is 9.15. The highest BCUT2D eigenvalue weighted by atomic mass is 16.5. The van der Waals surface area contributed by atoms with Crippen molar-refractivity contribution in [3.8, 4) is 0 Å². The maximum absolute atomic E-state index is 12.5. The van der Waals surface area contributed by atoms with Crippen molar-refractivity contribution in [1.29, 1.82) is 0 Å². The molecule has 1 saturated carbocycles. The molecule has 110 valence electrons. The molecule has 0 radical (unpaired) electrons. The number of ether oxygens (including phenoxy) is 1. The smallest absolute Gasteiger partial charge is 0.307 e. The number of rotatable bonds is 7. The molecule has 0 heterocycles. The molecule has 5 heteroatoms. The van der Waals surface area contributed by atoms with Gasteiger partial charge in [0, 0.05) is 20.2 Å². The first-order valence-corrected chi connectivity index (χ1v) is 6.74. The molecule has 5 nitrogen and oxygen atoms in total. The fourth-order valence-corrected chi connectivity index (χ4v) is 2.69. The van der Waals surface area contributed by atoms with E-state index in [2.05, 4.69) is 0 Å². The lowest BCUT2D eigenvalue weighted by Gasteiger charge is -2.25. The van der Waals surface area contributed by atoms with E-state index in [9.17, 15) is 9.59 Å². The van der Waals surface area contributed by atoms with Gasteiger partial charge in [-0.2, -0.15) is 0 Å². The summed E-state index contributed by atoms with van der Waals surface area (Å²) in [5.74, 6) is -1.54. The number of nitrogens with zero attached hydrogens (tertiary/aromatic N) is 1. The van der Waals surface area contributed by atoms with Gasteiger partial charge in [0.25, 0.3) is 0 Å². The van der Waals surface area contributed by atoms with E-state index in [1.54, 1.807) is 12.0 Å². The molecule has 1 fully saturated rings. The molecule has 19 heavy (non-hydrogen) atoms. The summed E-state index contributed by atoms with van der Waals surface area (Å²) >= 11 is 0. The topological polar surface area (TPSA) is 66.8 Å². The number of carbonyl (C=O) groups is 2. The van der Waals surface area contributed by atoms with Gasteiger partial charge in [0.1, 0.15) is 0 Å². The van der Waals surface area contributed by atoms with Crippen molar-refractivity contribution in [2.45, 2.75) is 27.7 Å². The minimum Gasteiger partial charge on any atom is -0.481 e. The third-order valence-corrected chi connectivity index (χ3v) is 3.82. The van der Waals surface area contributed by atoms with Crippen LogP contribution < -0.4 is 0 Å². The summed E-state index contributed by atoms with van der Waals surface area (Å²) in [6.07, 6.45) is 0. The van der Waals surface area contributed by atoms with Gasteiger partial charge in [-0.25, -0.2) is 0 Å². The minimum absolute atomic E-state index is 0.0526. The van der Waals surface area contributed by atoms with Crippen molar-refractivity contribution in [1.82, 2.24) is 4.90 Å². The fourth-order valence-electron chi connectivity index (χ4n) is 2.69. The molecule has 1 aliphatic carbocycles. The number of methoxy groups -OCH3 is 1. The summed E-state index contributed by atoms with van der Waals surface area (Å²) in [5.41, 5.74) is -0.439. The SMILES string of the molecule is COCCN(CC(C)C)C(=O)[C@H]1[C@@H](C(=O)O)C1(C)C. The maximum atomic E-state index is 12.5. The zero-order valence-corrected chi connectivity index (χ0v) is 12.5. The number of amides is 1. The Labute approximate surface area is 114 Å². The molecule has 0 bridgehead atoms. The maximum Gasteiger partial charge on any atom is 0.307 e. The van der Waals surface area contributed by atoms with Crippen LogP contribution in [0.3, 0.4) is 0 Å². The number of hydrogen-bond donors (Lipinski definition) is 1. The Kier molecular flexibility index (Phi) is 4.96. The van der Waals surface area contributed by atoms with E-state index < -0.39 is 23.2 Å². The van der Waals surface area contributed by atoms with Gasteiger partial charge in [-0.05, 0) is 11.3 Å². The summed E-state index contributed by atoms with van der Waals surface area (Å²) in [6, 6.07) is 0. The van der Waals surface area contributed by atoms with Crippen molar-refractivity contribution in [3.05, 3.63) is 0 Å². The Morgan fingerprint density at radius 3 is 2.26 bits per heavy atom. The van der Waals surface area contributed by atoms with E-state index >= 15 is 0 Å². The van der Waals surface area contributed by atoms with Crippen LogP contribution in [-0.2, 0) is 14.3 Å². The van der Waals surface area contributed by atoms with Gasteiger partial charge in [-0.1, -0.05) is 27.7 Å². The van der Waals surface area contributed by atoms with Crippen LogP contribution in [0.5, 0.6) is 0 Å². The van der Waals surface area contributed by atoms with E-state index in [1.165, 1.54) is 0 Å². The normalized spacial score (nSPS) is 24.3. The quantitative estimate of drug-likeness (QED) is 0.761. The second-order valence-corrected chi connectivity index (χ2v) is 6.29. The van der Waals surface area contributed by atoms with Gasteiger partial charge < -0.3 is 14.7 Å². The third kappa shape index (κ3) is 3.47. The first-order valence-electron chi connectivity index (χ1n) is 6.74. The molecule has 0 spiro atoms. The van der Waals surface area contributed by atoms with E-state index in [-0.39, 0.29) is 5.91 Å². The second-order valence-electron chi connectivity index (χ2n) is 6.29. The number of aliphatic carboxylic acids is 1. The van der Waals surface area contributed by atoms with Crippen LogP contribution in [0.2, 0.25) is 0 Å². The number of carboxylic acids is 1. The first-order chi connectivity index (χ1) is 8.73. The lowest BCUT2D eigenvalue weighted by atomic mass is 10.1. The molecule has 1 N–H and O–H groups in total. The van der Waals surface area contributed by atoms with Crippen LogP contribution in [0.1, 0.15) is 27.7 Å². The molecule has 1 rings (SSSR count). The summed E-state index contributed by atoms with van der Waals surface area (Å²) in [4.78, 5) is 25.4.